The van der Waals surface area contributed by atoms with E-state index in [0.29, 0.717) is 5.69 Å². The monoisotopic (exact) mass is 182 g/mol. The number of furan rings is 1. The lowest BCUT2D eigenvalue weighted by Crippen LogP contribution is -2.18. The van der Waals surface area contributed by atoms with Gasteiger partial charge in [-0.25, -0.2) is 4.79 Å². The van der Waals surface area contributed by atoms with E-state index in [1.165, 1.54) is 6.26 Å². The van der Waals surface area contributed by atoms with Crippen molar-refractivity contribution >= 4 is 11.7 Å². The van der Waals surface area contributed by atoms with Crippen molar-refractivity contribution in [3.63, 3.8) is 0 Å². The van der Waals surface area contributed by atoms with Gasteiger partial charge in [-0.2, -0.15) is 0 Å². The average molecular weight is 182 g/mol. The van der Waals surface area contributed by atoms with Crippen LogP contribution in [0.25, 0.3) is 0 Å². The van der Waals surface area contributed by atoms with E-state index >= 15 is 0 Å². The summed E-state index contributed by atoms with van der Waals surface area (Å²) in [4.78, 5) is 10.5. The molecule has 0 saturated carbocycles. The molecule has 4 nitrogen and oxygen atoms in total. The molecule has 0 spiro atoms. The second-order valence-corrected chi connectivity index (χ2v) is 3.94. The average Bonchev–Trinajstić information content (AvgIpc) is 2.32. The van der Waals surface area contributed by atoms with Gasteiger partial charge in [0.25, 0.3) is 0 Å². The molecule has 1 aromatic heterocycles. The molecule has 0 atom stereocenters. The fraction of sp³-hybridized carbons (Fsp3) is 0.444. The molecule has 1 heterocycles. The lowest BCUT2D eigenvalue weighted by Gasteiger charge is -2.13. The van der Waals surface area contributed by atoms with E-state index < -0.39 is 6.03 Å². The van der Waals surface area contributed by atoms with Crippen molar-refractivity contribution in [2.75, 3.05) is 5.32 Å². The SMILES string of the molecule is CC(C)(C)c1cc(NC(N)=O)co1. The summed E-state index contributed by atoms with van der Waals surface area (Å²) >= 11 is 0. The van der Waals surface area contributed by atoms with Crippen molar-refractivity contribution in [3.05, 3.63) is 18.1 Å². The second kappa shape index (κ2) is 3.12. The van der Waals surface area contributed by atoms with Crippen LogP contribution in [0.4, 0.5) is 10.5 Å². The van der Waals surface area contributed by atoms with Crippen LogP contribution in [0.3, 0.4) is 0 Å². The van der Waals surface area contributed by atoms with Gasteiger partial charge in [-0.3, -0.25) is 0 Å². The summed E-state index contributed by atoms with van der Waals surface area (Å²) < 4.78 is 5.26. The van der Waals surface area contributed by atoms with Crippen LogP contribution in [0.5, 0.6) is 0 Å². The van der Waals surface area contributed by atoms with Gasteiger partial charge in [0.15, 0.2) is 0 Å². The third-order valence-corrected chi connectivity index (χ3v) is 1.61. The van der Waals surface area contributed by atoms with Gasteiger partial charge >= 0.3 is 6.03 Å². The number of amides is 2. The van der Waals surface area contributed by atoms with Gasteiger partial charge in [-0.15, -0.1) is 0 Å². The normalized spacial score (nSPS) is 11.3. The first-order chi connectivity index (χ1) is 5.89. The Kier molecular flexibility index (Phi) is 2.32. The van der Waals surface area contributed by atoms with Crippen molar-refractivity contribution < 1.29 is 9.21 Å². The van der Waals surface area contributed by atoms with E-state index in [1.807, 2.05) is 20.8 Å². The summed E-state index contributed by atoms with van der Waals surface area (Å²) in [5.41, 5.74) is 5.49. The zero-order valence-corrected chi connectivity index (χ0v) is 8.05. The van der Waals surface area contributed by atoms with Crippen molar-refractivity contribution in [2.45, 2.75) is 26.2 Å². The van der Waals surface area contributed by atoms with Gasteiger partial charge < -0.3 is 15.5 Å². The second-order valence-electron chi connectivity index (χ2n) is 3.94. The number of primary amides is 1. The Bertz CT molecular complexity index is 310. The summed E-state index contributed by atoms with van der Waals surface area (Å²) in [7, 11) is 0. The van der Waals surface area contributed by atoms with E-state index in [2.05, 4.69) is 5.32 Å². The maximum atomic E-state index is 10.5. The van der Waals surface area contributed by atoms with Crippen LogP contribution in [-0.2, 0) is 5.41 Å². The fourth-order valence-electron chi connectivity index (χ4n) is 0.937. The van der Waals surface area contributed by atoms with Gasteiger partial charge in [-0.05, 0) is 0 Å². The molecule has 0 bridgehead atoms. The lowest BCUT2D eigenvalue weighted by atomic mass is 9.93. The Morgan fingerprint density at radius 3 is 2.54 bits per heavy atom. The van der Waals surface area contributed by atoms with Crippen LogP contribution in [0.1, 0.15) is 26.5 Å². The number of hydrogen-bond acceptors (Lipinski definition) is 2. The molecule has 0 aliphatic carbocycles. The first-order valence-corrected chi connectivity index (χ1v) is 4.05. The smallest absolute Gasteiger partial charge is 0.316 e. The van der Waals surface area contributed by atoms with Gasteiger partial charge in [0, 0.05) is 11.5 Å². The van der Waals surface area contributed by atoms with Gasteiger partial charge in [0.1, 0.15) is 12.0 Å². The number of nitrogens with two attached hydrogens (primary N) is 1. The molecular formula is C9H14N2O2. The molecule has 0 saturated heterocycles. The molecule has 0 fully saturated rings. The van der Waals surface area contributed by atoms with Crippen LogP contribution in [0.15, 0.2) is 16.7 Å². The first-order valence-electron chi connectivity index (χ1n) is 4.05. The number of nitrogens with one attached hydrogen (secondary N) is 1. The van der Waals surface area contributed by atoms with Crippen molar-refractivity contribution in [2.24, 2.45) is 5.73 Å². The minimum atomic E-state index is -0.582. The standard InChI is InChI=1S/C9H14N2O2/c1-9(2,3)7-4-6(5-13-7)11-8(10)12/h4-5H,1-3H3,(H3,10,11,12). The topological polar surface area (TPSA) is 68.3 Å². The Labute approximate surface area is 77.1 Å². The number of anilines is 1. The Morgan fingerprint density at radius 2 is 2.15 bits per heavy atom. The Hall–Kier alpha value is -1.45. The number of urea groups is 1. The quantitative estimate of drug-likeness (QED) is 0.698. The zero-order valence-electron chi connectivity index (χ0n) is 8.05. The molecule has 0 aliphatic heterocycles. The van der Waals surface area contributed by atoms with Crippen LogP contribution in [-0.4, -0.2) is 6.03 Å². The molecule has 0 aromatic carbocycles. The van der Waals surface area contributed by atoms with E-state index in [1.54, 1.807) is 6.07 Å². The van der Waals surface area contributed by atoms with Crippen molar-refractivity contribution in [1.82, 2.24) is 0 Å². The lowest BCUT2D eigenvalue weighted by molar-refractivity contribution is 0.259. The van der Waals surface area contributed by atoms with Gasteiger partial charge in [0.05, 0.1) is 5.69 Å². The molecule has 72 valence electrons. The molecule has 4 heteroatoms. The highest BCUT2D eigenvalue weighted by atomic mass is 16.3. The fourth-order valence-corrected chi connectivity index (χ4v) is 0.937. The number of carbonyl (C=O) groups excluding carboxylic acids is 1. The highest BCUT2D eigenvalue weighted by molar-refractivity contribution is 5.87. The molecule has 0 aliphatic rings. The van der Waals surface area contributed by atoms with E-state index in [4.69, 9.17) is 10.2 Å². The third-order valence-electron chi connectivity index (χ3n) is 1.61. The first kappa shape index (κ1) is 9.64. The summed E-state index contributed by atoms with van der Waals surface area (Å²) in [6.45, 7) is 6.08. The third kappa shape index (κ3) is 2.50. The summed E-state index contributed by atoms with van der Waals surface area (Å²) in [5.74, 6) is 0.816. The molecule has 1 aromatic rings. The maximum absolute atomic E-state index is 10.5. The predicted molar refractivity (Wildman–Crippen MR) is 50.6 cm³/mol. The highest BCUT2D eigenvalue weighted by Crippen LogP contribution is 2.26. The zero-order chi connectivity index (χ0) is 10.1. The van der Waals surface area contributed by atoms with E-state index in [9.17, 15) is 4.79 Å². The molecular weight excluding hydrogens is 168 g/mol. The van der Waals surface area contributed by atoms with E-state index in [-0.39, 0.29) is 5.41 Å². The molecule has 0 unspecified atom stereocenters. The summed E-state index contributed by atoms with van der Waals surface area (Å²) in [6, 6.07) is 1.19. The highest BCUT2D eigenvalue weighted by Gasteiger charge is 2.18. The molecule has 2 amide bonds. The predicted octanol–water partition coefficient (Wildman–Crippen LogP) is 2.07. The van der Waals surface area contributed by atoms with Gasteiger partial charge in [-0.1, -0.05) is 20.8 Å². The maximum Gasteiger partial charge on any atom is 0.316 e. The molecule has 1 rings (SSSR count). The Morgan fingerprint density at radius 1 is 1.54 bits per heavy atom. The number of carbonyl (C=O) groups is 1. The van der Waals surface area contributed by atoms with Crippen LogP contribution in [0, 0.1) is 0 Å². The van der Waals surface area contributed by atoms with E-state index in [0.717, 1.165) is 5.76 Å². The largest absolute Gasteiger partial charge is 0.467 e. The molecule has 13 heavy (non-hydrogen) atoms. The summed E-state index contributed by atoms with van der Waals surface area (Å²) in [6.07, 6.45) is 1.48. The van der Waals surface area contributed by atoms with Crippen LogP contribution in [0.2, 0.25) is 0 Å². The van der Waals surface area contributed by atoms with Crippen LogP contribution >= 0.6 is 0 Å². The minimum Gasteiger partial charge on any atom is -0.467 e. The van der Waals surface area contributed by atoms with Crippen LogP contribution < -0.4 is 11.1 Å². The summed E-state index contributed by atoms with van der Waals surface area (Å²) in [5, 5.41) is 2.44. The Balaban J connectivity index is 2.81. The number of rotatable bonds is 1. The van der Waals surface area contributed by atoms with Gasteiger partial charge in [0.2, 0.25) is 0 Å². The minimum absolute atomic E-state index is 0.0580. The number of hydrogen-bond donors (Lipinski definition) is 2. The van der Waals surface area contributed by atoms with Crippen molar-refractivity contribution in [3.8, 4) is 0 Å². The van der Waals surface area contributed by atoms with Crippen molar-refractivity contribution in [1.29, 1.82) is 0 Å². The molecule has 3 N–H and O–H groups in total. The molecule has 0 radical (unpaired) electrons.